The number of aliphatic hydroxyl groups is 1. The minimum absolute atomic E-state index is 0.110. The summed E-state index contributed by atoms with van der Waals surface area (Å²) in [6, 6.07) is 4.83. The summed E-state index contributed by atoms with van der Waals surface area (Å²) in [5, 5.41) is 19.0. The van der Waals surface area contributed by atoms with Gasteiger partial charge in [-0.2, -0.15) is 0 Å². The Labute approximate surface area is 107 Å². The molecule has 0 radical (unpaired) electrons. The van der Waals surface area contributed by atoms with Crippen molar-refractivity contribution in [2.45, 2.75) is 12.5 Å². The molecule has 1 heterocycles. The number of carbonyl (C=O) groups excluding carboxylic acids is 1. The van der Waals surface area contributed by atoms with Gasteiger partial charge in [0.1, 0.15) is 5.75 Å². The molecule has 0 aromatic heterocycles. The molecule has 16 heavy (non-hydrogen) atoms. The number of nitrogens with zero attached hydrogens (tertiary/aromatic N) is 1. The maximum atomic E-state index is 11.9. The van der Waals surface area contributed by atoms with Crippen molar-refractivity contribution in [3.63, 3.8) is 0 Å². The summed E-state index contributed by atoms with van der Waals surface area (Å²) in [6.45, 7) is 2.39. The zero-order valence-corrected chi connectivity index (χ0v) is 10.9. The second kappa shape index (κ2) is 3.89. The molecule has 1 saturated heterocycles. The van der Waals surface area contributed by atoms with Gasteiger partial charge in [0.05, 0.1) is 22.3 Å². The zero-order chi connectivity index (χ0) is 11.9. The van der Waals surface area contributed by atoms with E-state index >= 15 is 0 Å². The lowest BCUT2D eigenvalue weighted by molar-refractivity contribution is -0.0668. The molecular formula is C11H12INO3. The predicted molar refractivity (Wildman–Crippen MR) is 67.4 cm³/mol. The van der Waals surface area contributed by atoms with E-state index in [0.29, 0.717) is 22.2 Å². The Balaban J connectivity index is 2.13. The molecule has 1 aromatic rings. The minimum Gasteiger partial charge on any atom is -0.507 e. The van der Waals surface area contributed by atoms with E-state index in [1.807, 2.05) is 22.6 Å². The molecule has 0 aliphatic carbocycles. The van der Waals surface area contributed by atoms with Gasteiger partial charge in [-0.25, -0.2) is 0 Å². The Kier molecular flexibility index (Phi) is 2.83. The molecule has 1 fully saturated rings. The molecule has 0 bridgehead atoms. The van der Waals surface area contributed by atoms with E-state index in [1.54, 1.807) is 24.0 Å². The fourth-order valence-electron chi connectivity index (χ4n) is 1.75. The number of amides is 1. The van der Waals surface area contributed by atoms with Gasteiger partial charge in [0.15, 0.2) is 0 Å². The van der Waals surface area contributed by atoms with Crippen LogP contribution in [0, 0.1) is 3.57 Å². The van der Waals surface area contributed by atoms with Gasteiger partial charge in [-0.05, 0) is 47.7 Å². The Hall–Kier alpha value is -0.820. The highest BCUT2D eigenvalue weighted by molar-refractivity contribution is 14.1. The van der Waals surface area contributed by atoms with Crippen LogP contribution in [0.5, 0.6) is 5.75 Å². The molecule has 5 heteroatoms. The second-order valence-corrected chi connectivity index (χ2v) is 5.49. The van der Waals surface area contributed by atoms with Crippen molar-refractivity contribution in [2.75, 3.05) is 13.1 Å². The van der Waals surface area contributed by atoms with Crippen molar-refractivity contribution in [3.05, 3.63) is 27.3 Å². The maximum Gasteiger partial charge on any atom is 0.254 e. The molecule has 0 atom stereocenters. The van der Waals surface area contributed by atoms with Crippen LogP contribution >= 0.6 is 22.6 Å². The van der Waals surface area contributed by atoms with Crippen molar-refractivity contribution in [2.24, 2.45) is 0 Å². The molecule has 4 nitrogen and oxygen atoms in total. The van der Waals surface area contributed by atoms with E-state index in [0.717, 1.165) is 0 Å². The van der Waals surface area contributed by atoms with E-state index in [2.05, 4.69) is 0 Å². The van der Waals surface area contributed by atoms with Crippen LogP contribution in [0.15, 0.2) is 18.2 Å². The van der Waals surface area contributed by atoms with Crippen LogP contribution < -0.4 is 0 Å². The van der Waals surface area contributed by atoms with E-state index in [4.69, 9.17) is 0 Å². The summed E-state index contributed by atoms with van der Waals surface area (Å²) >= 11 is 2.00. The number of carbonyl (C=O) groups is 1. The van der Waals surface area contributed by atoms with Crippen LogP contribution in [0.2, 0.25) is 0 Å². The van der Waals surface area contributed by atoms with Crippen LogP contribution in [0.4, 0.5) is 0 Å². The standard InChI is InChI=1S/C11H12INO3/c1-11(16)5-13(6-11)10(15)7-2-3-8(12)9(14)4-7/h2-4,14,16H,5-6H2,1H3. The molecule has 2 rings (SSSR count). The predicted octanol–water partition coefficient (Wildman–Crippen LogP) is 1.20. The third-order valence-electron chi connectivity index (χ3n) is 2.54. The average molecular weight is 333 g/mol. The summed E-state index contributed by atoms with van der Waals surface area (Å²) < 4.78 is 0.713. The number of benzene rings is 1. The third kappa shape index (κ3) is 2.15. The molecule has 86 valence electrons. The van der Waals surface area contributed by atoms with Crippen molar-refractivity contribution < 1.29 is 15.0 Å². The average Bonchev–Trinajstić information content (AvgIpc) is 2.17. The van der Waals surface area contributed by atoms with Gasteiger partial charge in [-0.3, -0.25) is 4.79 Å². The topological polar surface area (TPSA) is 60.8 Å². The number of phenolic OH excluding ortho intramolecular Hbond substituents is 1. The molecule has 0 saturated carbocycles. The molecule has 1 aromatic carbocycles. The van der Waals surface area contributed by atoms with Crippen LogP contribution in [0.3, 0.4) is 0 Å². The molecule has 0 spiro atoms. The first-order valence-corrected chi connectivity index (χ1v) is 5.97. The van der Waals surface area contributed by atoms with E-state index in [1.165, 1.54) is 6.07 Å². The third-order valence-corrected chi connectivity index (χ3v) is 3.46. The van der Waals surface area contributed by atoms with Gasteiger partial charge in [0.25, 0.3) is 5.91 Å². The molecule has 1 aliphatic rings. The summed E-state index contributed by atoms with van der Waals surface area (Å²) in [6.07, 6.45) is 0. The summed E-state index contributed by atoms with van der Waals surface area (Å²) in [7, 11) is 0. The van der Waals surface area contributed by atoms with Gasteiger partial charge < -0.3 is 15.1 Å². The molecule has 1 aliphatic heterocycles. The number of hydrogen-bond donors (Lipinski definition) is 2. The van der Waals surface area contributed by atoms with Gasteiger partial charge in [-0.15, -0.1) is 0 Å². The highest BCUT2D eigenvalue weighted by Crippen LogP contribution is 2.25. The lowest BCUT2D eigenvalue weighted by Crippen LogP contribution is -2.61. The monoisotopic (exact) mass is 333 g/mol. The SMILES string of the molecule is CC1(O)CN(C(=O)c2ccc(I)c(O)c2)C1. The fraction of sp³-hybridized carbons (Fsp3) is 0.364. The number of likely N-dealkylation sites (tertiary alicyclic amines) is 1. The van der Waals surface area contributed by atoms with E-state index in [9.17, 15) is 15.0 Å². The Morgan fingerprint density at radius 3 is 2.62 bits per heavy atom. The van der Waals surface area contributed by atoms with Crippen molar-refractivity contribution in [1.82, 2.24) is 4.90 Å². The number of aromatic hydroxyl groups is 1. The Morgan fingerprint density at radius 2 is 2.12 bits per heavy atom. The maximum absolute atomic E-state index is 11.9. The highest BCUT2D eigenvalue weighted by atomic mass is 127. The van der Waals surface area contributed by atoms with Crippen LogP contribution in [-0.4, -0.2) is 39.7 Å². The van der Waals surface area contributed by atoms with E-state index < -0.39 is 5.60 Å². The number of halogens is 1. The number of rotatable bonds is 1. The molecule has 1 amide bonds. The first-order valence-electron chi connectivity index (χ1n) is 4.89. The second-order valence-electron chi connectivity index (χ2n) is 4.32. The van der Waals surface area contributed by atoms with Crippen molar-refractivity contribution in [1.29, 1.82) is 0 Å². The Morgan fingerprint density at radius 1 is 1.50 bits per heavy atom. The highest BCUT2D eigenvalue weighted by Gasteiger charge is 2.39. The fourth-order valence-corrected chi connectivity index (χ4v) is 2.08. The van der Waals surface area contributed by atoms with Crippen LogP contribution in [0.25, 0.3) is 0 Å². The zero-order valence-electron chi connectivity index (χ0n) is 8.77. The normalized spacial score (nSPS) is 18.1. The summed E-state index contributed by atoms with van der Waals surface area (Å²) in [5.74, 6) is -0.0445. The van der Waals surface area contributed by atoms with Gasteiger partial charge >= 0.3 is 0 Å². The number of hydrogen-bond acceptors (Lipinski definition) is 3. The lowest BCUT2D eigenvalue weighted by atomic mass is 9.96. The molecule has 2 N–H and O–H groups in total. The van der Waals surface area contributed by atoms with Crippen LogP contribution in [-0.2, 0) is 0 Å². The quantitative estimate of drug-likeness (QED) is 0.760. The minimum atomic E-state index is -0.763. The van der Waals surface area contributed by atoms with Crippen molar-refractivity contribution >= 4 is 28.5 Å². The van der Waals surface area contributed by atoms with Gasteiger partial charge in [-0.1, -0.05) is 0 Å². The van der Waals surface area contributed by atoms with Gasteiger partial charge in [0, 0.05) is 5.56 Å². The van der Waals surface area contributed by atoms with Gasteiger partial charge in [0.2, 0.25) is 0 Å². The van der Waals surface area contributed by atoms with Crippen LogP contribution in [0.1, 0.15) is 17.3 Å². The number of phenols is 1. The lowest BCUT2D eigenvalue weighted by Gasteiger charge is -2.44. The summed E-state index contributed by atoms with van der Waals surface area (Å²) in [5.41, 5.74) is -0.311. The molecular weight excluding hydrogens is 321 g/mol. The Bertz CT molecular complexity index is 437. The number of β-amino-alcohol motifs (C(OH)–C–C–N with tert-alkyl or cyclic N) is 1. The first-order chi connectivity index (χ1) is 7.39. The molecule has 0 unspecified atom stereocenters. The van der Waals surface area contributed by atoms with E-state index in [-0.39, 0.29) is 11.7 Å². The first kappa shape index (κ1) is 11.7. The largest absolute Gasteiger partial charge is 0.507 e. The smallest absolute Gasteiger partial charge is 0.254 e. The summed E-state index contributed by atoms with van der Waals surface area (Å²) in [4.78, 5) is 13.4. The van der Waals surface area contributed by atoms with Crippen molar-refractivity contribution in [3.8, 4) is 5.75 Å².